The summed E-state index contributed by atoms with van der Waals surface area (Å²) < 4.78 is 5.97. The van der Waals surface area contributed by atoms with Gasteiger partial charge in [-0.2, -0.15) is 5.26 Å². The third kappa shape index (κ3) is 4.81. The second-order valence-corrected chi connectivity index (χ2v) is 5.96. The number of nitrogens with zero attached hydrogens (tertiary/aromatic N) is 2. The maximum absolute atomic E-state index is 10.2. The first kappa shape index (κ1) is 17.0. The van der Waals surface area contributed by atoms with Gasteiger partial charge in [-0.05, 0) is 43.4 Å². The average molecular weight is 302 g/mol. The zero-order valence-corrected chi connectivity index (χ0v) is 13.4. The number of nitriles is 1. The van der Waals surface area contributed by atoms with E-state index in [0.29, 0.717) is 19.7 Å². The Morgan fingerprint density at radius 3 is 3.05 bits per heavy atom. The molecule has 2 rings (SSSR count). The fourth-order valence-electron chi connectivity index (χ4n) is 3.11. The molecular weight excluding hydrogens is 276 g/mol. The molecule has 0 radical (unpaired) electrons. The van der Waals surface area contributed by atoms with Gasteiger partial charge in [-0.3, -0.25) is 4.90 Å². The van der Waals surface area contributed by atoms with Gasteiger partial charge in [0.1, 0.15) is 0 Å². The van der Waals surface area contributed by atoms with Crippen LogP contribution in [0.2, 0.25) is 0 Å². The lowest BCUT2D eigenvalue weighted by Crippen LogP contribution is -2.36. The van der Waals surface area contributed by atoms with Crippen molar-refractivity contribution in [3.63, 3.8) is 0 Å². The van der Waals surface area contributed by atoms with Crippen LogP contribution in [-0.4, -0.2) is 42.4 Å². The highest BCUT2D eigenvalue weighted by atomic mass is 16.5. The number of hydrogen-bond acceptors (Lipinski definition) is 4. The predicted octanol–water partition coefficient (Wildman–Crippen LogP) is 2.68. The van der Waals surface area contributed by atoms with E-state index in [1.807, 2.05) is 11.0 Å². The summed E-state index contributed by atoms with van der Waals surface area (Å²) >= 11 is 0. The maximum Gasteiger partial charge on any atom is 0.0900 e. The molecule has 2 unspecified atom stereocenters. The van der Waals surface area contributed by atoms with Gasteiger partial charge < -0.3 is 9.84 Å². The molecule has 1 aliphatic rings. The lowest BCUT2D eigenvalue weighted by molar-refractivity contribution is -0.0270. The van der Waals surface area contributed by atoms with Gasteiger partial charge in [0, 0.05) is 6.54 Å². The van der Waals surface area contributed by atoms with Crippen LogP contribution >= 0.6 is 0 Å². The van der Waals surface area contributed by atoms with E-state index >= 15 is 0 Å². The molecule has 1 N–H and O–H groups in total. The summed E-state index contributed by atoms with van der Waals surface area (Å²) in [5.74, 6) is 0. The van der Waals surface area contributed by atoms with Crippen LogP contribution < -0.4 is 0 Å². The number of aryl methyl sites for hydroxylation is 1. The summed E-state index contributed by atoms with van der Waals surface area (Å²) in [6.07, 6.45) is 3.79. The fraction of sp³-hybridized carbons (Fsp3) is 0.611. The third-order valence-electron chi connectivity index (χ3n) is 4.11. The van der Waals surface area contributed by atoms with Crippen LogP contribution in [0.15, 0.2) is 24.3 Å². The molecule has 4 heteroatoms. The largest absolute Gasteiger partial charge is 0.389 e. The number of ether oxygens (including phenoxy) is 1. The second-order valence-electron chi connectivity index (χ2n) is 5.96. The standard InChI is InChI=1S/C18H26N2O2/c1-2-11-20(12-10-19)13-16(21)14-22-18-9-5-7-15-6-3-4-8-17(15)18/h3-4,6,8,16,18,21H,2,5,7,9,11-14H2,1H3. The normalized spacial score (nSPS) is 18.7. The molecule has 1 aromatic rings. The highest BCUT2D eigenvalue weighted by Gasteiger charge is 2.21. The zero-order valence-electron chi connectivity index (χ0n) is 13.4. The molecule has 0 spiro atoms. The topological polar surface area (TPSA) is 56.5 Å². The van der Waals surface area contributed by atoms with E-state index in [1.165, 1.54) is 11.1 Å². The Hall–Kier alpha value is -1.41. The second kappa shape index (κ2) is 8.89. The van der Waals surface area contributed by atoms with E-state index in [9.17, 15) is 5.11 Å². The average Bonchev–Trinajstić information content (AvgIpc) is 2.53. The van der Waals surface area contributed by atoms with Crippen LogP contribution in [0.5, 0.6) is 0 Å². The molecule has 0 saturated heterocycles. The molecule has 22 heavy (non-hydrogen) atoms. The number of hydrogen-bond donors (Lipinski definition) is 1. The first-order valence-electron chi connectivity index (χ1n) is 8.21. The van der Waals surface area contributed by atoms with Crippen LogP contribution in [0, 0.1) is 11.3 Å². The fourth-order valence-corrected chi connectivity index (χ4v) is 3.11. The van der Waals surface area contributed by atoms with E-state index in [-0.39, 0.29) is 6.10 Å². The summed E-state index contributed by atoms with van der Waals surface area (Å²) in [5.41, 5.74) is 2.63. The SMILES string of the molecule is CCCN(CC#N)CC(O)COC1CCCc2ccccc21. The molecule has 0 aliphatic heterocycles. The van der Waals surface area contributed by atoms with Crippen LogP contribution in [0.4, 0.5) is 0 Å². The van der Waals surface area contributed by atoms with Gasteiger partial charge in [0.05, 0.1) is 31.4 Å². The molecule has 0 heterocycles. The number of benzene rings is 1. The van der Waals surface area contributed by atoms with E-state index in [0.717, 1.165) is 32.2 Å². The third-order valence-corrected chi connectivity index (χ3v) is 4.11. The van der Waals surface area contributed by atoms with E-state index in [1.54, 1.807) is 0 Å². The van der Waals surface area contributed by atoms with Crippen molar-refractivity contribution in [1.29, 1.82) is 5.26 Å². The monoisotopic (exact) mass is 302 g/mol. The Morgan fingerprint density at radius 1 is 1.45 bits per heavy atom. The van der Waals surface area contributed by atoms with Crippen molar-refractivity contribution in [2.75, 3.05) is 26.2 Å². The number of aliphatic hydroxyl groups excluding tert-OH is 1. The van der Waals surface area contributed by atoms with E-state index < -0.39 is 6.10 Å². The number of rotatable bonds is 8. The Bertz CT molecular complexity index is 498. The molecule has 0 aromatic heterocycles. The van der Waals surface area contributed by atoms with Crippen molar-refractivity contribution in [1.82, 2.24) is 4.90 Å². The Labute approximate surface area is 133 Å². The lowest BCUT2D eigenvalue weighted by atomic mass is 9.89. The summed E-state index contributed by atoms with van der Waals surface area (Å²) in [4.78, 5) is 1.98. The minimum atomic E-state index is -0.547. The van der Waals surface area contributed by atoms with Crippen molar-refractivity contribution < 1.29 is 9.84 Å². The summed E-state index contributed by atoms with van der Waals surface area (Å²) in [6.45, 7) is 4.08. The zero-order chi connectivity index (χ0) is 15.8. The highest BCUT2D eigenvalue weighted by molar-refractivity contribution is 5.31. The maximum atomic E-state index is 10.2. The number of aliphatic hydroxyl groups is 1. The van der Waals surface area contributed by atoms with Gasteiger partial charge in [0.2, 0.25) is 0 Å². The quantitative estimate of drug-likeness (QED) is 0.750. The van der Waals surface area contributed by atoms with Crippen molar-refractivity contribution in [3.05, 3.63) is 35.4 Å². The van der Waals surface area contributed by atoms with Crippen LogP contribution in [0.1, 0.15) is 43.4 Å². The van der Waals surface area contributed by atoms with Gasteiger partial charge >= 0.3 is 0 Å². The lowest BCUT2D eigenvalue weighted by Gasteiger charge is -2.28. The van der Waals surface area contributed by atoms with Crippen LogP contribution in [-0.2, 0) is 11.2 Å². The minimum absolute atomic E-state index is 0.0928. The Kier molecular flexibility index (Phi) is 6.85. The van der Waals surface area contributed by atoms with Gasteiger partial charge in [-0.1, -0.05) is 31.2 Å². The molecule has 2 atom stereocenters. The molecule has 120 valence electrons. The smallest absolute Gasteiger partial charge is 0.0900 e. The van der Waals surface area contributed by atoms with Gasteiger partial charge in [0.15, 0.2) is 0 Å². The molecule has 0 fully saturated rings. The van der Waals surface area contributed by atoms with E-state index in [2.05, 4.69) is 31.2 Å². The van der Waals surface area contributed by atoms with Crippen molar-refractivity contribution in [2.24, 2.45) is 0 Å². The first-order chi connectivity index (χ1) is 10.7. The van der Waals surface area contributed by atoms with Gasteiger partial charge in [0.25, 0.3) is 0 Å². The summed E-state index contributed by atoms with van der Waals surface area (Å²) in [6, 6.07) is 10.6. The summed E-state index contributed by atoms with van der Waals surface area (Å²) in [5, 5.41) is 19.0. The molecule has 0 amide bonds. The Morgan fingerprint density at radius 2 is 2.27 bits per heavy atom. The minimum Gasteiger partial charge on any atom is -0.389 e. The number of fused-ring (bicyclic) bond motifs is 1. The van der Waals surface area contributed by atoms with Crippen LogP contribution in [0.25, 0.3) is 0 Å². The van der Waals surface area contributed by atoms with E-state index in [4.69, 9.17) is 10.00 Å². The Balaban J connectivity index is 1.84. The van der Waals surface area contributed by atoms with Gasteiger partial charge in [-0.25, -0.2) is 0 Å². The molecule has 0 bridgehead atoms. The summed E-state index contributed by atoms with van der Waals surface area (Å²) in [7, 11) is 0. The molecule has 1 aliphatic carbocycles. The van der Waals surface area contributed by atoms with Gasteiger partial charge in [-0.15, -0.1) is 0 Å². The van der Waals surface area contributed by atoms with Crippen molar-refractivity contribution >= 4 is 0 Å². The molecule has 4 nitrogen and oxygen atoms in total. The molecular formula is C18H26N2O2. The van der Waals surface area contributed by atoms with Crippen LogP contribution in [0.3, 0.4) is 0 Å². The highest BCUT2D eigenvalue weighted by Crippen LogP contribution is 2.32. The predicted molar refractivity (Wildman–Crippen MR) is 86.4 cm³/mol. The molecule has 1 aromatic carbocycles. The van der Waals surface area contributed by atoms with Crippen molar-refractivity contribution in [3.8, 4) is 6.07 Å². The molecule has 0 saturated carbocycles. The first-order valence-corrected chi connectivity index (χ1v) is 8.21. The van der Waals surface area contributed by atoms with Crippen molar-refractivity contribution in [2.45, 2.75) is 44.8 Å².